The number of nitrogens with zero attached hydrogens (tertiary/aromatic N) is 4. The summed E-state index contributed by atoms with van der Waals surface area (Å²) in [6.07, 6.45) is 1.01. The second kappa shape index (κ2) is 11.0. The van der Waals surface area contributed by atoms with Gasteiger partial charge in [0.1, 0.15) is 11.8 Å². The molecule has 0 radical (unpaired) electrons. The number of hydrogen-bond acceptors (Lipinski definition) is 6. The topological polar surface area (TPSA) is 88.9 Å². The molecule has 3 fully saturated rings. The first kappa shape index (κ1) is 24.8. The van der Waals surface area contributed by atoms with Crippen LogP contribution in [0.3, 0.4) is 0 Å². The Kier molecular flexibility index (Phi) is 7.57. The molecular weight excluding hydrogens is 458 g/mol. The summed E-state index contributed by atoms with van der Waals surface area (Å²) in [6.45, 7) is 10.2. The lowest BCUT2D eigenvalue weighted by Gasteiger charge is -2.25. The minimum absolute atomic E-state index is 0.0953. The van der Waals surface area contributed by atoms with Crippen molar-refractivity contribution in [3.8, 4) is 0 Å². The molecule has 4 atom stereocenters. The zero-order valence-electron chi connectivity index (χ0n) is 21.3. The maximum Gasteiger partial charge on any atom is 0.407 e. The van der Waals surface area contributed by atoms with E-state index in [1.807, 2.05) is 43.0 Å². The van der Waals surface area contributed by atoms with Crippen LogP contribution in [0.4, 0.5) is 4.79 Å². The van der Waals surface area contributed by atoms with Gasteiger partial charge in [0.15, 0.2) is 0 Å². The van der Waals surface area contributed by atoms with Gasteiger partial charge in [-0.05, 0) is 43.7 Å². The lowest BCUT2D eigenvalue weighted by atomic mass is 10.0. The van der Waals surface area contributed by atoms with Gasteiger partial charge < -0.3 is 24.6 Å². The Balaban J connectivity index is 1.14. The molecule has 3 saturated heterocycles. The number of hydrogen-bond donors (Lipinski definition) is 1. The molecule has 2 amide bonds. The number of carbonyl (C=O) groups excluding carboxylic acids is 2. The quantitative estimate of drug-likeness (QED) is 0.606. The zero-order valence-corrected chi connectivity index (χ0v) is 21.3. The summed E-state index contributed by atoms with van der Waals surface area (Å²) in [7, 11) is 0. The predicted molar refractivity (Wildman–Crippen MR) is 135 cm³/mol. The third kappa shape index (κ3) is 5.57. The maximum absolute atomic E-state index is 13.1. The van der Waals surface area contributed by atoms with E-state index < -0.39 is 0 Å². The van der Waals surface area contributed by atoms with E-state index in [4.69, 9.17) is 9.47 Å². The molecule has 1 aromatic carbocycles. The second-order valence-electron chi connectivity index (χ2n) is 10.3. The van der Waals surface area contributed by atoms with Crippen LogP contribution in [-0.4, -0.2) is 83.6 Å². The van der Waals surface area contributed by atoms with Gasteiger partial charge in [-0.2, -0.15) is 5.10 Å². The van der Waals surface area contributed by atoms with E-state index in [0.717, 1.165) is 56.8 Å². The number of amides is 2. The molecule has 3 aliphatic rings. The molecule has 194 valence electrons. The van der Waals surface area contributed by atoms with Crippen molar-refractivity contribution < 1.29 is 19.1 Å². The highest BCUT2D eigenvalue weighted by molar-refractivity contribution is 5.93. The molecule has 2 aromatic rings. The largest absolute Gasteiger partial charge is 0.444 e. The van der Waals surface area contributed by atoms with Crippen LogP contribution in [0.1, 0.15) is 47.6 Å². The van der Waals surface area contributed by atoms with Crippen LogP contribution < -0.4 is 5.32 Å². The number of fused-ring (bicyclic) bond motifs is 1. The van der Waals surface area contributed by atoms with Gasteiger partial charge in [0.25, 0.3) is 5.91 Å². The molecule has 0 bridgehead atoms. The first-order valence-corrected chi connectivity index (χ1v) is 13.2. The summed E-state index contributed by atoms with van der Waals surface area (Å²) in [4.78, 5) is 30.2. The van der Waals surface area contributed by atoms with Gasteiger partial charge in [-0.15, -0.1) is 0 Å². The van der Waals surface area contributed by atoms with Crippen LogP contribution in [0.25, 0.3) is 0 Å². The third-order valence-electron chi connectivity index (χ3n) is 7.66. The highest BCUT2D eigenvalue weighted by Crippen LogP contribution is 2.32. The molecule has 1 N–H and O–H groups in total. The van der Waals surface area contributed by atoms with Crippen LogP contribution in [0.5, 0.6) is 0 Å². The monoisotopic (exact) mass is 495 g/mol. The molecule has 36 heavy (non-hydrogen) atoms. The fourth-order valence-electron chi connectivity index (χ4n) is 5.81. The third-order valence-corrected chi connectivity index (χ3v) is 7.66. The molecule has 0 saturated carbocycles. The minimum atomic E-state index is -0.381. The summed E-state index contributed by atoms with van der Waals surface area (Å²) in [5.74, 6) is 1.07. The predicted octanol–water partition coefficient (Wildman–Crippen LogP) is 2.86. The maximum atomic E-state index is 13.1. The SMILES string of the molecule is CCn1nc(C)cc1C(=O)N1CC2CN(CCC(NC(=O)OC3CCOC3)c3ccccc3)C[C@H]2C1. The highest BCUT2D eigenvalue weighted by atomic mass is 16.6. The summed E-state index contributed by atoms with van der Waals surface area (Å²) in [5, 5.41) is 7.52. The number of aryl methyl sites for hydroxylation is 2. The van der Waals surface area contributed by atoms with Crippen LogP contribution in [0.15, 0.2) is 36.4 Å². The van der Waals surface area contributed by atoms with Crippen molar-refractivity contribution in [1.82, 2.24) is 24.9 Å². The first-order valence-electron chi connectivity index (χ1n) is 13.2. The van der Waals surface area contributed by atoms with Crippen molar-refractivity contribution in [3.05, 3.63) is 53.3 Å². The molecule has 9 heteroatoms. The fraction of sp³-hybridized carbons (Fsp3) is 0.593. The Bertz CT molecular complexity index is 1040. The normalized spacial score (nSPS) is 24.6. The van der Waals surface area contributed by atoms with Crippen LogP contribution >= 0.6 is 0 Å². The second-order valence-corrected chi connectivity index (χ2v) is 10.3. The summed E-state index contributed by atoms with van der Waals surface area (Å²) >= 11 is 0. The number of ether oxygens (including phenoxy) is 2. The van der Waals surface area contributed by atoms with Crippen molar-refractivity contribution in [2.24, 2.45) is 11.8 Å². The van der Waals surface area contributed by atoms with Gasteiger partial charge in [-0.25, -0.2) is 4.79 Å². The van der Waals surface area contributed by atoms with Gasteiger partial charge in [0, 0.05) is 45.7 Å². The molecule has 1 aromatic heterocycles. The smallest absolute Gasteiger partial charge is 0.407 e. The van der Waals surface area contributed by atoms with Gasteiger partial charge in [0.05, 0.1) is 24.9 Å². The van der Waals surface area contributed by atoms with Gasteiger partial charge >= 0.3 is 6.09 Å². The first-order chi connectivity index (χ1) is 17.5. The number of carbonyl (C=O) groups is 2. The molecule has 0 spiro atoms. The molecule has 9 nitrogen and oxygen atoms in total. The van der Waals surface area contributed by atoms with E-state index in [2.05, 4.69) is 27.4 Å². The van der Waals surface area contributed by atoms with Crippen molar-refractivity contribution in [2.75, 3.05) is 45.9 Å². The average Bonchev–Trinajstić information content (AvgIpc) is 3.66. The van der Waals surface area contributed by atoms with E-state index in [1.165, 1.54) is 0 Å². The molecular formula is C27H37N5O4. The molecule has 3 aliphatic heterocycles. The van der Waals surface area contributed by atoms with Crippen molar-refractivity contribution in [3.63, 3.8) is 0 Å². The Morgan fingerprint density at radius 1 is 1.17 bits per heavy atom. The van der Waals surface area contributed by atoms with Gasteiger partial charge in [-0.3, -0.25) is 9.48 Å². The van der Waals surface area contributed by atoms with Crippen molar-refractivity contribution in [1.29, 1.82) is 0 Å². The number of likely N-dealkylation sites (tertiary alicyclic amines) is 2. The van der Waals surface area contributed by atoms with E-state index >= 15 is 0 Å². The molecule has 0 aliphatic carbocycles. The van der Waals surface area contributed by atoms with Crippen LogP contribution in [0, 0.1) is 18.8 Å². The van der Waals surface area contributed by atoms with Crippen LogP contribution in [-0.2, 0) is 16.0 Å². The van der Waals surface area contributed by atoms with Crippen molar-refractivity contribution in [2.45, 2.75) is 45.4 Å². The Hall–Kier alpha value is -2.91. The lowest BCUT2D eigenvalue weighted by Crippen LogP contribution is -2.36. The Morgan fingerprint density at radius 3 is 2.58 bits per heavy atom. The van der Waals surface area contributed by atoms with Crippen LogP contribution in [0.2, 0.25) is 0 Å². The minimum Gasteiger partial charge on any atom is -0.444 e. The lowest BCUT2D eigenvalue weighted by molar-refractivity contribution is 0.0761. The number of aromatic nitrogens is 2. The number of alkyl carbamates (subject to hydrolysis) is 1. The molecule has 4 heterocycles. The summed E-state index contributed by atoms with van der Waals surface area (Å²) < 4.78 is 12.7. The summed E-state index contributed by atoms with van der Waals surface area (Å²) in [5.41, 5.74) is 2.66. The standard InChI is InChI=1S/C27H37N5O4/c1-3-32-25(13-19(2)29-32)26(33)31-16-21-14-30(15-22(21)17-31)11-9-24(20-7-5-4-6-8-20)28-27(34)36-23-10-12-35-18-23/h4-8,13,21-24H,3,9-12,14-18H2,1-2H3,(H,28,34)/t21-,22?,23?,24?/m0/s1. The van der Waals surface area contributed by atoms with E-state index in [9.17, 15) is 9.59 Å². The van der Waals surface area contributed by atoms with Gasteiger partial charge in [-0.1, -0.05) is 30.3 Å². The number of benzene rings is 1. The average molecular weight is 496 g/mol. The van der Waals surface area contributed by atoms with E-state index in [-0.39, 0.29) is 24.1 Å². The van der Waals surface area contributed by atoms with Gasteiger partial charge in [0.2, 0.25) is 0 Å². The zero-order chi connectivity index (χ0) is 25.1. The molecule has 5 rings (SSSR count). The Labute approximate surface area is 212 Å². The van der Waals surface area contributed by atoms with Crippen molar-refractivity contribution >= 4 is 12.0 Å². The van der Waals surface area contributed by atoms with E-state index in [0.29, 0.717) is 37.3 Å². The van der Waals surface area contributed by atoms with E-state index in [1.54, 1.807) is 4.68 Å². The fourth-order valence-corrected chi connectivity index (χ4v) is 5.81. The highest BCUT2D eigenvalue weighted by Gasteiger charge is 2.42. The number of rotatable bonds is 8. The summed E-state index contributed by atoms with van der Waals surface area (Å²) in [6, 6.07) is 11.9. The number of nitrogens with one attached hydrogen (secondary N) is 1. The Morgan fingerprint density at radius 2 is 1.92 bits per heavy atom. The molecule has 3 unspecified atom stereocenters.